The molecule has 1 atom stereocenters. The van der Waals surface area contributed by atoms with Gasteiger partial charge in [-0.2, -0.15) is 0 Å². The van der Waals surface area contributed by atoms with E-state index >= 15 is 0 Å². The molecule has 18 heavy (non-hydrogen) atoms. The van der Waals surface area contributed by atoms with Crippen molar-refractivity contribution in [1.82, 2.24) is 15.6 Å². The zero-order chi connectivity index (χ0) is 13.1. The average Bonchev–Trinajstić information content (AvgIpc) is 2.74. The van der Waals surface area contributed by atoms with Crippen LogP contribution in [-0.2, 0) is 16.1 Å². The Morgan fingerprint density at radius 1 is 1.67 bits per heavy atom. The van der Waals surface area contributed by atoms with Crippen LogP contribution in [0.2, 0.25) is 0 Å². The zero-order valence-corrected chi connectivity index (χ0v) is 9.90. The van der Waals surface area contributed by atoms with Crippen LogP contribution in [0, 0.1) is 6.92 Å². The van der Waals surface area contributed by atoms with Gasteiger partial charge in [-0.05, 0) is 18.6 Å². The smallest absolute Gasteiger partial charge is 0.407 e. The highest BCUT2D eigenvalue weighted by molar-refractivity contribution is 5.87. The van der Waals surface area contributed by atoms with Crippen molar-refractivity contribution in [2.45, 2.75) is 19.5 Å². The molecule has 96 valence electrons. The number of pyridine rings is 1. The lowest BCUT2D eigenvalue weighted by molar-refractivity contribution is -0.122. The van der Waals surface area contributed by atoms with E-state index in [4.69, 9.17) is 5.73 Å². The van der Waals surface area contributed by atoms with Gasteiger partial charge in [-0.15, -0.1) is 0 Å². The summed E-state index contributed by atoms with van der Waals surface area (Å²) in [6, 6.07) is 2.86. The minimum atomic E-state index is -0.625. The van der Waals surface area contributed by atoms with E-state index < -0.39 is 12.1 Å². The predicted molar refractivity (Wildman–Crippen MR) is 63.5 cm³/mol. The first kappa shape index (κ1) is 12.2. The van der Waals surface area contributed by atoms with Gasteiger partial charge in [-0.3, -0.25) is 4.79 Å². The molecule has 2 amide bonds. The highest BCUT2D eigenvalue weighted by Gasteiger charge is 2.28. The Labute approximate surface area is 104 Å². The van der Waals surface area contributed by atoms with Crippen molar-refractivity contribution >= 4 is 17.8 Å². The number of anilines is 1. The molecule has 0 aromatic carbocycles. The van der Waals surface area contributed by atoms with Crippen LogP contribution in [0.4, 0.5) is 10.6 Å². The number of cyclic esters (lactones) is 1. The molecule has 2 rings (SSSR count). The number of nitrogens with two attached hydrogens (primary N) is 1. The Balaban J connectivity index is 1.91. The van der Waals surface area contributed by atoms with Crippen molar-refractivity contribution in [3.63, 3.8) is 0 Å². The van der Waals surface area contributed by atoms with Crippen molar-refractivity contribution in [2.75, 3.05) is 12.3 Å². The van der Waals surface area contributed by atoms with Crippen LogP contribution in [-0.4, -0.2) is 29.6 Å². The van der Waals surface area contributed by atoms with Crippen LogP contribution in [0.3, 0.4) is 0 Å². The normalized spacial score (nSPS) is 18.1. The van der Waals surface area contributed by atoms with Gasteiger partial charge < -0.3 is 21.1 Å². The molecule has 2 heterocycles. The fourth-order valence-corrected chi connectivity index (χ4v) is 1.63. The number of alkyl carbamates (subject to hydrolysis) is 1. The third kappa shape index (κ3) is 2.68. The Bertz CT molecular complexity index is 489. The number of aromatic nitrogens is 1. The zero-order valence-electron chi connectivity index (χ0n) is 9.90. The van der Waals surface area contributed by atoms with E-state index in [-0.39, 0.29) is 12.5 Å². The lowest BCUT2D eigenvalue weighted by atomic mass is 10.2. The number of nitrogens with one attached hydrogen (secondary N) is 2. The summed E-state index contributed by atoms with van der Waals surface area (Å²) in [5.74, 6) is 0.163. The van der Waals surface area contributed by atoms with Crippen molar-refractivity contribution in [3.05, 3.63) is 23.4 Å². The first-order valence-electron chi connectivity index (χ1n) is 5.49. The molecule has 1 aromatic heterocycles. The molecule has 7 nitrogen and oxygen atoms in total. The first-order valence-corrected chi connectivity index (χ1v) is 5.49. The Morgan fingerprint density at radius 2 is 2.44 bits per heavy atom. The second-order valence-corrected chi connectivity index (χ2v) is 3.99. The van der Waals surface area contributed by atoms with E-state index in [1.165, 1.54) is 0 Å². The molecule has 1 aliphatic heterocycles. The number of nitrogen functional groups attached to an aromatic ring is 1. The van der Waals surface area contributed by atoms with Gasteiger partial charge >= 0.3 is 6.09 Å². The number of rotatable bonds is 3. The molecular weight excluding hydrogens is 236 g/mol. The third-order valence-electron chi connectivity index (χ3n) is 2.66. The van der Waals surface area contributed by atoms with Gasteiger partial charge in [0.05, 0.1) is 0 Å². The van der Waals surface area contributed by atoms with Crippen LogP contribution < -0.4 is 16.4 Å². The van der Waals surface area contributed by atoms with E-state index in [0.29, 0.717) is 12.4 Å². The molecule has 1 aromatic rings. The summed E-state index contributed by atoms with van der Waals surface area (Å²) < 4.78 is 4.64. The van der Waals surface area contributed by atoms with E-state index in [2.05, 4.69) is 20.4 Å². The maximum Gasteiger partial charge on any atom is 0.407 e. The van der Waals surface area contributed by atoms with Gasteiger partial charge in [-0.25, -0.2) is 9.78 Å². The Hall–Kier alpha value is -2.31. The van der Waals surface area contributed by atoms with Crippen molar-refractivity contribution < 1.29 is 14.3 Å². The lowest BCUT2D eigenvalue weighted by Gasteiger charge is -2.10. The van der Waals surface area contributed by atoms with Crippen LogP contribution in [0.1, 0.15) is 11.3 Å². The van der Waals surface area contributed by atoms with Gasteiger partial charge in [-0.1, -0.05) is 6.07 Å². The van der Waals surface area contributed by atoms with E-state index in [1.807, 2.05) is 13.0 Å². The molecule has 1 fully saturated rings. The molecule has 1 aliphatic rings. The molecule has 7 heteroatoms. The van der Waals surface area contributed by atoms with E-state index in [1.54, 1.807) is 6.07 Å². The highest BCUT2D eigenvalue weighted by atomic mass is 16.6. The van der Waals surface area contributed by atoms with E-state index in [9.17, 15) is 9.59 Å². The summed E-state index contributed by atoms with van der Waals surface area (Å²) in [4.78, 5) is 26.6. The van der Waals surface area contributed by atoms with Crippen LogP contribution in [0.25, 0.3) is 0 Å². The van der Waals surface area contributed by atoms with Crippen molar-refractivity contribution in [1.29, 1.82) is 0 Å². The summed E-state index contributed by atoms with van der Waals surface area (Å²) in [5.41, 5.74) is 7.18. The van der Waals surface area contributed by atoms with Crippen LogP contribution >= 0.6 is 0 Å². The largest absolute Gasteiger partial charge is 0.447 e. The minimum absolute atomic E-state index is 0.0592. The number of amides is 2. The third-order valence-corrected chi connectivity index (χ3v) is 2.66. The number of aryl methyl sites for hydroxylation is 1. The number of hydrogen-bond donors (Lipinski definition) is 3. The fourth-order valence-electron chi connectivity index (χ4n) is 1.63. The summed E-state index contributed by atoms with van der Waals surface area (Å²) in [6.07, 6.45) is -0.569. The van der Waals surface area contributed by atoms with Gasteiger partial charge in [0.15, 0.2) is 0 Å². The van der Waals surface area contributed by atoms with Gasteiger partial charge in [0.25, 0.3) is 0 Å². The molecule has 4 N–H and O–H groups in total. The Kier molecular flexibility index (Phi) is 3.31. The molecule has 0 spiro atoms. The van der Waals surface area contributed by atoms with Crippen LogP contribution in [0.5, 0.6) is 0 Å². The second kappa shape index (κ2) is 4.91. The summed E-state index contributed by atoms with van der Waals surface area (Å²) in [6.45, 7) is 2.21. The predicted octanol–water partition coefficient (Wildman–Crippen LogP) is -0.303. The topological polar surface area (TPSA) is 106 Å². The molecule has 0 bridgehead atoms. The van der Waals surface area contributed by atoms with Gasteiger partial charge in [0, 0.05) is 12.2 Å². The Morgan fingerprint density at radius 3 is 3.06 bits per heavy atom. The maximum absolute atomic E-state index is 11.7. The second-order valence-electron chi connectivity index (χ2n) is 3.99. The highest BCUT2D eigenvalue weighted by Crippen LogP contribution is 2.08. The number of carbonyl (C=O) groups is 2. The molecular formula is C11H14N4O3. The molecule has 0 aliphatic carbocycles. The van der Waals surface area contributed by atoms with Crippen molar-refractivity contribution in [3.8, 4) is 0 Å². The van der Waals surface area contributed by atoms with Gasteiger partial charge in [0.1, 0.15) is 18.5 Å². The molecule has 1 saturated heterocycles. The van der Waals surface area contributed by atoms with Crippen molar-refractivity contribution in [2.24, 2.45) is 0 Å². The number of ether oxygens (including phenoxy) is 1. The molecule has 0 radical (unpaired) electrons. The molecule has 1 unspecified atom stereocenters. The van der Waals surface area contributed by atoms with E-state index in [0.717, 1.165) is 11.3 Å². The summed E-state index contributed by atoms with van der Waals surface area (Å²) in [7, 11) is 0. The van der Waals surface area contributed by atoms with Crippen LogP contribution in [0.15, 0.2) is 12.1 Å². The first-order chi connectivity index (χ1) is 8.56. The minimum Gasteiger partial charge on any atom is -0.447 e. The average molecular weight is 250 g/mol. The van der Waals surface area contributed by atoms with Gasteiger partial charge in [0.2, 0.25) is 5.91 Å². The molecule has 0 saturated carbocycles. The monoisotopic (exact) mass is 250 g/mol. The fraction of sp³-hybridized carbons (Fsp3) is 0.364. The lowest BCUT2D eigenvalue weighted by Crippen LogP contribution is -2.42. The number of hydrogen-bond acceptors (Lipinski definition) is 5. The maximum atomic E-state index is 11.7. The number of nitrogens with zero attached hydrogens (tertiary/aromatic N) is 1. The standard InChI is InChI=1S/C11H14N4O3/c1-6-7(2-3-9(12)14-6)4-13-10(16)8-5-18-11(17)15-8/h2-3,8H,4-5H2,1H3,(H2,12,14)(H,13,16)(H,15,17). The summed E-state index contributed by atoms with van der Waals surface area (Å²) in [5, 5.41) is 5.11. The summed E-state index contributed by atoms with van der Waals surface area (Å²) >= 11 is 0. The SMILES string of the molecule is Cc1nc(N)ccc1CNC(=O)C1COC(=O)N1. The number of carbonyl (C=O) groups excluding carboxylic acids is 2. The quantitative estimate of drug-likeness (QED) is 0.682.